The zero-order valence-corrected chi connectivity index (χ0v) is 16.0. The molecule has 4 rings (SSSR count). The molecule has 1 aromatic carbocycles. The van der Waals surface area contributed by atoms with E-state index in [4.69, 9.17) is 0 Å². The van der Waals surface area contributed by atoms with Crippen LogP contribution < -0.4 is 4.90 Å². The summed E-state index contributed by atoms with van der Waals surface area (Å²) in [5.74, 6) is 0.236. The minimum absolute atomic E-state index is 0.236. The monoisotopic (exact) mass is 354 g/mol. The third-order valence-corrected chi connectivity index (χ3v) is 6.70. The fraction of sp³-hybridized carbons (Fsp3) is 0.476. The lowest BCUT2D eigenvalue weighted by Gasteiger charge is -2.36. The Bertz CT molecular complexity index is 764. The van der Waals surface area contributed by atoms with Gasteiger partial charge in [0.05, 0.1) is 4.88 Å². The molecule has 1 amide bonds. The number of anilines is 1. The van der Waals surface area contributed by atoms with Crippen molar-refractivity contribution in [3.8, 4) is 0 Å². The van der Waals surface area contributed by atoms with E-state index in [9.17, 15) is 4.79 Å². The Hall–Kier alpha value is -1.81. The first-order valence-electron chi connectivity index (χ1n) is 9.35. The van der Waals surface area contributed by atoms with Gasteiger partial charge in [-0.05, 0) is 68.4 Å². The largest absolute Gasteiger partial charge is 0.368 e. The third kappa shape index (κ3) is 3.32. The zero-order valence-electron chi connectivity index (χ0n) is 15.2. The van der Waals surface area contributed by atoms with E-state index in [0.717, 1.165) is 43.9 Å². The first-order valence-corrected chi connectivity index (χ1v) is 10.2. The number of carbonyl (C=O) groups is 1. The average molecular weight is 355 g/mol. The fourth-order valence-corrected chi connectivity index (χ4v) is 5.18. The van der Waals surface area contributed by atoms with Crippen LogP contribution in [-0.2, 0) is 12.8 Å². The molecule has 25 heavy (non-hydrogen) atoms. The Labute approximate surface area is 154 Å². The van der Waals surface area contributed by atoms with Gasteiger partial charge < -0.3 is 9.80 Å². The van der Waals surface area contributed by atoms with Crippen LogP contribution in [0.5, 0.6) is 0 Å². The summed E-state index contributed by atoms with van der Waals surface area (Å²) in [6, 6.07) is 8.79. The molecule has 4 heteroatoms. The van der Waals surface area contributed by atoms with Crippen LogP contribution in [0.3, 0.4) is 0 Å². The smallest absolute Gasteiger partial charge is 0.264 e. The van der Waals surface area contributed by atoms with Crippen molar-refractivity contribution in [1.29, 1.82) is 0 Å². The van der Waals surface area contributed by atoms with Crippen LogP contribution in [0.4, 0.5) is 5.69 Å². The SMILES string of the molecule is Cc1ccc(C)c(N2CCN(C(=O)c3cc4c(s3)CCCC4)CC2)c1. The lowest BCUT2D eigenvalue weighted by molar-refractivity contribution is 0.0751. The number of piperazine rings is 1. The number of hydrogen-bond acceptors (Lipinski definition) is 3. The number of aryl methyl sites for hydroxylation is 4. The zero-order chi connectivity index (χ0) is 17.4. The molecule has 132 valence electrons. The molecule has 0 N–H and O–H groups in total. The minimum Gasteiger partial charge on any atom is -0.368 e. The summed E-state index contributed by atoms with van der Waals surface area (Å²) in [6.45, 7) is 7.77. The Morgan fingerprint density at radius 3 is 2.52 bits per heavy atom. The van der Waals surface area contributed by atoms with Gasteiger partial charge in [0, 0.05) is 36.7 Å². The molecule has 0 radical (unpaired) electrons. The minimum atomic E-state index is 0.236. The van der Waals surface area contributed by atoms with Crippen LogP contribution in [0.2, 0.25) is 0 Å². The van der Waals surface area contributed by atoms with Gasteiger partial charge in [-0.25, -0.2) is 0 Å². The van der Waals surface area contributed by atoms with Crippen LogP contribution >= 0.6 is 11.3 Å². The second-order valence-electron chi connectivity index (χ2n) is 7.34. The van der Waals surface area contributed by atoms with Gasteiger partial charge >= 0.3 is 0 Å². The van der Waals surface area contributed by atoms with E-state index in [1.54, 1.807) is 11.3 Å². The number of rotatable bonds is 2. The van der Waals surface area contributed by atoms with Crippen molar-refractivity contribution in [1.82, 2.24) is 4.90 Å². The summed E-state index contributed by atoms with van der Waals surface area (Å²) in [5.41, 5.74) is 5.35. The van der Waals surface area contributed by atoms with Crippen LogP contribution in [-0.4, -0.2) is 37.0 Å². The van der Waals surface area contributed by atoms with E-state index in [1.165, 1.54) is 40.1 Å². The highest BCUT2D eigenvalue weighted by Crippen LogP contribution is 2.31. The summed E-state index contributed by atoms with van der Waals surface area (Å²) >= 11 is 1.73. The van der Waals surface area contributed by atoms with Crippen LogP contribution in [0.15, 0.2) is 24.3 Å². The van der Waals surface area contributed by atoms with Crippen molar-refractivity contribution in [3.05, 3.63) is 50.7 Å². The lowest BCUT2D eigenvalue weighted by Crippen LogP contribution is -2.48. The average Bonchev–Trinajstić information content (AvgIpc) is 3.07. The maximum atomic E-state index is 12.9. The van der Waals surface area contributed by atoms with Crippen molar-refractivity contribution >= 4 is 22.9 Å². The lowest BCUT2D eigenvalue weighted by atomic mass is 9.99. The fourth-order valence-electron chi connectivity index (χ4n) is 3.96. The Morgan fingerprint density at radius 2 is 1.76 bits per heavy atom. The van der Waals surface area contributed by atoms with E-state index < -0.39 is 0 Å². The molecule has 1 fully saturated rings. The first kappa shape index (κ1) is 16.6. The Morgan fingerprint density at radius 1 is 1.00 bits per heavy atom. The molecule has 0 unspecified atom stereocenters. The number of hydrogen-bond donors (Lipinski definition) is 0. The van der Waals surface area contributed by atoms with Gasteiger partial charge in [-0.3, -0.25) is 4.79 Å². The molecule has 3 nitrogen and oxygen atoms in total. The van der Waals surface area contributed by atoms with Gasteiger partial charge in [0.15, 0.2) is 0 Å². The Balaban J connectivity index is 1.44. The Kier molecular flexibility index (Phi) is 4.55. The number of amides is 1. The highest BCUT2D eigenvalue weighted by Gasteiger charge is 2.25. The van der Waals surface area contributed by atoms with Crippen molar-refractivity contribution in [2.45, 2.75) is 39.5 Å². The first-order chi connectivity index (χ1) is 12.1. The van der Waals surface area contributed by atoms with Crippen LogP contribution in [0.25, 0.3) is 0 Å². The van der Waals surface area contributed by atoms with Gasteiger partial charge in [0.1, 0.15) is 0 Å². The molecular weight excluding hydrogens is 328 g/mol. The van der Waals surface area contributed by atoms with Gasteiger partial charge in [-0.15, -0.1) is 11.3 Å². The third-order valence-electron chi connectivity index (χ3n) is 5.48. The maximum absolute atomic E-state index is 12.9. The molecule has 2 aliphatic rings. The van der Waals surface area contributed by atoms with Crippen molar-refractivity contribution in [2.75, 3.05) is 31.1 Å². The second-order valence-corrected chi connectivity index (χ2v) is 8.47. The van der Waals surface area contributed by atoms with Crippen molar-refractivity contribution < 1.29 is 4.79 Å². The van der Waals surface area contributed by atoms with Gasteiger partial charge in [-0.2, -0.15) is 0 Å². The maximum Gasteiger partial charge on any atom is 0.264 e. The molecule has 1 saturated heterocycles. The summed E-state index contributed by atoms with van der Waals surface area (Å²) in [6.07, 6.45) is 4.86. The molecule has 0 saturated carbocycles. The summed E-state index contributed by atoms with van der Waals surface area (Å²) in [4.78, 5) is 19.8. The predicted octanol–water partition coefficient (Wildman–Crippen LogP) is 4.21. The van der Waals surface area contributed by atoms with E-state index in [-0.39, 0.29) is 5.91 Å². The van der Waals surface area contributed by atoms with E-state index in [0.29, 0.717) is 0 Å². The molecule has 1 aromatic heterocycles. The molecule has 1 aliphatic carbocycles. The normalized spacial score (nSPS) is 17.5. The number of thiophene rings is 1. The van der Waals surface area contributed by atoms with E-state index in [1.807, 2.05) is 4.90 Å². The molecule has 2 heterocycles. The van der Waals surface area contributed by atoms with E-state index >= 15 is 0 Å². The highest BCUT2D eigenvalue weighted by molar-refractivity contribution is 7.14. The summed E-state index contributed by atoms with van der Waals surface area (Å²) in [5, 5.41) is 0. The summed E-state index contributed by atoms with van der Waals surface area (Å²) < 4.78 is 0. The molecule has 0 bridgehead atoms. The van der Waals surface area contributed by atoms with Crippen LogP contribution in [0.1, 0.15) is 44.1 Å². The number of fused-ring (bicyclic) bond motifs is 1. The highest BCUT2D eigenvalue weighted by atomic mass is 32.1. The number of benzene rings is 1. The molecule has 0 atom stereocenters. The standard InChI is InChI=1S/C21H26N2OS/c1-15-7-8-16(2)18(13-15)22-9-11-23(12-10-22)21(24)20-14-17-5-3-4-6-19(17)25-20/h7-8,13-14H,3-6,9-12H2,1-2H3. The topological polar surface area (TPSA) is 23.6 Å². The van der Waals surface area contributed by atoms with E-state index in [2.05, 4.69) is 43.0 Å². The second kappa shape index (κ2) is 6.83. The van der Waals surface area contributed by atoms with Crippen molar-refractivity contribution in [3.63, 3.8) is 0 Å². The quantitative estimate of drug-likeness (QED) is 0.807. The van der Waals surface area contributed by atoms with Crippen molar-refractivity contribution in [2.24, 2.45) is 0 Å². The van der Waals surface area contributed by atoms with Gasteiger partial charge in [0.2, 0.25) is 0 Å². The number of carbonyl (C=O) groups excluding carboxylic acids is 1. The molecular formula is C21H26N2OS. The predicted molar refractivity (Wildman–Crippen MR) is 105 cm³/mol. The van der Waals surface area contributed by atoms with Crippen LogP contribution in [0, 0.1) is 13.8 Å². The number of nitrogens with zero attached hydrogens (tertiary/aromatic N) is 2. The summed E-state index contributed by atoms with van der Waals surface area (Å²) in [7, 11) is 0. The van der Waals surface area contributed by atoms with Gasteiger partial charge in [-0.1, -0.05) is 12.1 Å². The molecule has 0 spiro atoms. The molecule has 1 aliphatic heterocycles. The van der Waals surface area contributed by atoms with Gasteiger partial charge in [0.25, 0.3) is 5.91 Å². The molecule has 2 aromatic rings.